The van der Waals surface area contributed by atoms with E-state index in [0.717, 1.165) is 6.42 Å². The molecule has 1 aliphatic heterocycles. The number of aliphatic carboxylic acids is 2. The molecule has 0 aromatic carbocycles. The second-order valence-electron chi connectivity index (χ2n) is 6.48. The number of nitrogens with two attached hydrogens (primary N) is 1. The maximum atomic E-state index is 12.5. The Hall–Kier alpha value is -2.89. The number of amides is 4. The Morgan fingerprint density at radius 2 is 1.79 bits per heavy atom. The lowest BCUT2D eigenvalue weighted by atomic mass is 10.1. The molecule has 4 amide bonds. The Morgan fingerprint density at radius 3 is 2.32 bits per heavy atom. The van der Waals surface area contributed by atoms with E-state index in [2.05, 4.69) is 21.3 Å². The van der Waals surface area contributed by atoms with E-state index in [9.17, 15) is 29.1 Å². The SMILES string of the molecule is NC(=O)NCCC[C@H](NC(=O)[C@@H]1CCCN1)C(=O)N[C@@H](CCC(=O)O)C(=O)O. The molecule has 1 aliphatic rings. The van der Waals surface area contributed by atoms with E-state index in [0.29, 0.717) is 19.4 Å². The third-order valence-electron chi connectivity index (χ3n) is 4.24. The van der Waals surface area contributed by atoms with Crippen LogP contribution in [0.4, 0.5) is 4.79 Å². The molecule has 0 spiro atoms. The van der Waals surface area contributed by atoms with E-state index in [1.165, 1.54) is 0 Å². The summed E-state index contributed by atoms with van der Waals surface area (Å²) >= 11 is 0. The first-order valence-electron chi connectivity index (χ1n) is 9.02. The Morgan fingerprint density at radius 1 is 1.07 bits per heavy atom. The van der Waals surface area contributed by atoms with Crippen LogP contribution in [0.5, 0.6) is 0 Å². The molecule has 0 unspecified atom stereocenters. The van der Waals surface area contributed by atoms with Crippen molar-refractivity contribution >= 4 is 29.8 Å². The van der Waals surface area contributed by atoms with Crippen molar-refractivity contribution in [3.8, 4) is 0 Å². The van der Waals surface area contributed by atoms with Crippen molar-refractivity contribution < 1.29 is 34.2 Å². The van der Waals surface area contributed by atoms with Gasteiger partial charge in [0.25, 0.3) is 0 Å². The van der Waals surface area contributed by atoms with Gasteiger partial charge in [-0.15, -0.1) is 0 Å². The van der Waals surface area contributed by atoms with Crippen molar-refractivity contribution in [3.05, 3.63) is 0 Å². The predicted molar refractivity (Wildman–Crippen MR) is 96.2 cm³/mol. The van der Waals surface area contributed by atoms with Gasteiger partial charge in [-0.1, -0.05) is 0 Å². The summed E-state index contributed by atoms with van der Waals surface area (Å²) in [5, 5.41) is 28.1. The Kier molecular flexibility index (Phi) is 9.71. The zero-order chi connectivity index (χ0) is 21.1. The zero-order valence-electron chi connectivity index (χ0n) is 15.4. The highest BCUT2D eigenvalue weighted by molar-refractivity contribution is 5.92. The molecule has 0 aromatic heterocycles. The molecule has 1 rings (SSSR count). The van der Waals surface area contributed by atoms with Gasteiger partial charge in [-0.3, -0.25) is 14.4 Å². The summed E-state index contributed by atoms with van der Waals surface area (Å²) in [5.41, 5.74) is 4.97. The summed E-state index contributed by atoms with van der Waals surface area (Å²) in [7, 11) is 0. The minimum Gasteiger partial charge on any atom is -0.481 e. The quantitative estimate of drug-likeness (QED) is 0.184. The number of urea groups is 1. The molecule has 1 heterocycles. The Labute approximate surface area is 161 Å². The van der Waals surface area contributed by atoms with Gasteiger partial charge >= 0.3 is 18.0 Å². The van der Waals surface area contributed by atoms with Crippen LogP contribution < -0.4 is 27.0 Å². The third-order valence-corrected chi connectivity index (χ3v) is 4.24. The zero-order valence-corrected chi connectivity index (χ0v) is 15.4. The van der Waals surface area contributed by atoms with E-state index >= 15 is 0 Å². The van der Waals surface area contributed by atoms with Gasteiger partial charge in [0.05, 0.1) is 6.04 Å². The van der Waals surface area contributed by atoms with Crippen molar-refractivity contribution in [2.24, 2.45) is 5.73 Å². The van der Waals surface area contributed by atoms with Crippen LogP contribution in [0, 0.1) is 0 Å². The third kappa shape index (κ3) is 8.66. The van der Waals surface area contributed by atoms with Crippen LogP contribution >= 0.6 is 0 Å². The Bertz CT molecular complexity index is 592. The number of rotatable bonds is 12. The molecule has 0 aliphatic carbocycles. The van der Waals surface area contributed by atoms with Gasteiger partial charge in [-0.2, -0.15) is 0 Å². The number of nitrogens with one attached hydrogen (secondary N) is 4. The first-order valence-corrected chi connectivity index (χ1v) is 9.02. The molecule has 8 N–H and O–H groups in total. The van der Waals surface area contributed by atoms with E-state index in [1.807, 2.05) is 0 Å². The number of carboxylic acids is 2. The van der Waals surface area contributed by atoms with Gasteiger partial charge in [0.1, 0.15) is 12.1 Å². The fourth-order valence-corrected chi connectivity index (χ4v) is 2.76. The number of hydrogen-bond acceptors (Lipinski definition) is 6. The fourth-order valence-electron chi connectivity index (χ4n) is 2.76. The van der Waals surface area contributed by atoms with Crippen molar-refractivity contribution in [1.82, 2.24) is 21.3 Å². The molecule has 1 fully saturated rings. The molecule has 1 saturated heterocycles. The molecule has 0 bridgehead atoms. The van der Waals surface area contributed by atoms with Crippen LogP contribution in [0.1, 0.15) is 38.5 Å². The van der Waals surface area contributed by atoms with Gasteiger partial charge in [0.15, 0.2) is 0 Å². The number of hydrogen-bond donors (Lipinski definition) is 7. The van der Waals surface area contributed by atoms with Crippen molar-refractivity contribution in [2.75, 3.05) is 13.1 Å². The molecule has 28 heavy (non-hydrogen) atoms. The standard InChI is InChI=1S/C16H27N5O7/c17-16(28)19-8-2-4-10(20-13(24)9-3-1-7-18-9)14(25)21-11(15(26)27)5-6-12(22)23/h9-11,18H,1-8H2,(H,20,24)(H,21,25)(H,22,23)(H,26,27)(H3,17,19,28)/t9-,10-,11-/m0/s1. The van der Waals surface area contributed by atoms with Crippen LogP contribution in [0.15, 0.2) is 0 Å². The number of primary amides is 1. The molecule has 158 valence electrons. The van der Waals surface area contributed by atoms with E-state index in [1.54, 1.807) is 0 Å². The van der Waals surface area contributed by atoms with Crippen molar-refractivity contribution in [1.29, 1.82) is 0 Å². The topological polar surface area (TPSA) is 200 Å². The molecule has 3 atom stereocenters. The normalized spacial score (nSPS) is 17.9. The summed E-state index contributed by atoms with van der Waals surface area (Å²) in [6, 6.07) is -3.58. The van der Waals surface area contributed by atoms with Crippen LogP contribution in [0.25, 0.3) is 0 Å². The van der Waals surface area contributed by atoms with Crippen molar-refractivity contribution in [2.45, 2.75) is 56.7 Å². The average Bonchev–Trinajstić information content (AvgIpc) is 3.14. The van der Waals surface area contributed by atoms with Gasteiger partial charge in [-0.05, 0) is 38.6 Å². The van der Waals surface area contributed by atoms with Crippen LogP contribution in [0.3, 0.4) is 0 Å². The summed E-state index contributed by atoms with van der Waals surface area (Å²) in [4.78, 5) is 57.5. The highest BCUT2D eigenvalue weighted by atomic mass is 16.4. The summed E-state index contributed by atoms with van der Waals surface area (Å²) in [6.45, 7) is 0.867. The molecule has 12 heteroatoms. The second kappa shape index (κ2) is 11.7. The van der Waals surface area contributed by atoms with Crippen LogP contribution in [-0.2, 0) is 19.2 Å². The molecule has 12 nitrogen and oxygen atoms in total. The van der Waals surface area contributed by atoms with Crippen molar-refractivity contribution in [3.63, 3.8) is 0 Å². The second-order valence-corrected chi connectivity index (χ2v) is 6.48. The highest BCUT2D eigenvalue weighted by Crippen LogP contribution is 2.07. The average molecular weight is 401 g/mol. The van der Waals surface area contributed by atoms with Gasteiger partial charge in [-0.25, -0.2) is 9.59 Å². The van der Waals surface area contributed by atoms with Gasteiger partial charge in [0, 0.05) is 13.0 Å². The predicted octanol–water partition coefficient (Wildman–Crippen LogP) is -1.89. The van der Waals surface area contributed by atoms with Crippen LogP contribution in [0.2, 0.25) is 0 Å². The van der Waals surface area contributed by atoms with E-state index in [4.69, 9.17) is 10.8 Å². The largest absolute Gasteiger partial charge is 0.481 e. The number of carboxylic acid groups (broad SMARTS) is 2. The van der Waals surface area contributed by atoms with Gasteiger partial charge < -0.3 is 37.2 Å². The first-order chi connectivity index (χ1) is 13.2. The number of carbonyl (C=O) groups excluding carboxylic acids is 3. The lowest BCUT2D eigenvalue weighted by Gasteiger charge is -2.23. The van der Waals surface area contributed by atoms with E-state index < -0.39 is 48.4 Å². The summed E-state index contributed by atoms with van der Waals surface area (Å²) in [6.07, 6.45) is 1.18. The molecular weight excluding hydrogens is 374 g/mol. The lowest BCUT2D eigenvalue weighted by Crippen LogP contribution is -2.54. The molecule has 0 saturated carbocycles. The lowest BCUT2D eigenvalue weighted by molar-refractivity contribution is -0.143. The Balaban J connectivity index is 2.71. The van der Waals surface area contributed by atoms with E-state index in [-0.39, 0.29) is 25.3 Å². The fraction of sp³-hybridized carbons (Fsp3) is 0.688. The summed E-state index contributed by atoms with van der Waals surface area (Å²) < 4.78 is 0. The monoisotopic (exact) mass is 401 g/mol. The van der Waals surface area contributed by atoms with Crippen LogP contribution in [-0.4, -0.2) is 71.2 Å². The molecule has 0 radical (unpaired) electrons. The first kappa shape index (κ1) is 23.1. The molecule has 0 aromatic rings. The molecular formula is C16H27N5O7. The smallest absolute Gasteiger partial charge is 0.326 e. The number of carbonyl (C=O) groups is 5. The minimum atomic E-state index is -1.39. The maximum absolute atomic E-state index is 12.5. The van der Waals surface area contributed by atoms with Gasteiger partial charge in [0.2, 0.25) is 11.8 Å². The highest BCUT2D eigenvalue weighted by Gasteiger charge is 2.29. The minimum absolute atomic E-state index is 0.135. The summed E-state index contributed by atoms with van der Waals surface area (Å²) in [5.74, 6) is -3.66. The maximum Gasteiger partial charge on any atom is 0.326 e.